The molecule has 4 nitrogen and oxygen atoms in total. The van der Waals surface area contributed by atoms with E-state index < -0.39 is 0 Å². The lowest BCUT2D eigenvalue weighted by molar-refractivity contribution is -0.131. The van der Waals surface area contributed by atoms with Crippen LogP contribution in [0, 0.1) is 19.7 Å². The third kappa shape index (κ3) is 4.95. The molecule has 2 aromatic carbocycles. The molecule has 0 atom stereocenters. The Kier molecular flexibility index (Phi) is 6.58. The first kappa shape index (κ1) is 21.1. The predicted molar refractivity (Wildman–Crippen MR) is 124 cm³/mol. The van der Waals surface area contributed by atoms with Crippen molar-refractivity contribution in [1.82, 2.24) is 9.88 Å². The van der Waals surface area contributed by atoms with Crippen LogP contribution >= 0.6 is 23.1 Å². The summed E-state index contributed by atoms with van der Waals surface area (Å²) in [5.41, 5.74) is 3.58. The van der Waals surface area contributed by atoms with Gasteiger partial charge < -0.3 is 9.80 Å². The highest BCUT2D eigenvalue weighted by Gasteiger charge is 2.23. The number of thioether (sulfide) groups is 1. The summed E-state index contributed by atoms with van der Waals surface area (Å²) >= 11 is 3.41. The molecule has 7 heteroatoms. The monoisotopic (exact) mass is 443 g/mol. The Bertz CT molecular complexity index is 1030. The van der Waals surface area contributed by atoms with Crippen LogP contribution in [0.2, 0.25) is 0 Å². The molecule has 0 bridgehead atoms. The molecule has 0 spiro atoms. The standard InChI is InChI=1S/C23H26FN3OS2/c1-16-14-17(2)22-20(15-16)30-23(25-22)27-11-9-26(10-12-27)21(28)4-3-13-29-19-7-5-18(24)6-8-19/h5-8,14-15H,3-4,9-13H2,1-2H3. The van der Waals surface area contributed by atoms with Gasteiger partial charge in [0.1, 0.15) is 5.82 Å². The fourth-order valence-corrected chi connectivity index (χ4v) is 5.79. The summed E-state index contributed by atoms with van der Waals surface area (Å²) in [5.74, 6) is 0.872. The fraction of sp³-hybridized carbons (Fsp3) is 0.391. The number of aromatic nitrogens is 1. The van der Waals surface area contributed by atoms with E-state index in [1.165, 1.54) is 28.0 Å². The van der Waals surface area contributed by atoms with E-state index in [0.717, 1.165) is 53.9 Å². The van der Waals surface area contributed by atoms with Gasteiger partial charge in [0.05, 0.1) is 10.2 Å². The summed E-state index contributed by atoms with van der Waals surface area (Å²) in [6, 6.07) is 10.9. The maximum atomic E-state index is 12.9. The van der Waals surface area contributed by atoms with E-state index in [-0.39, 0.29) is 11.7 Å². The van der Waals surface area contributed by atoms with Crippen molar-refractivity contribution in [2.45, 2.75) is 31.6 Å². The predicted octanol–water partition coefficient (Wildman–Crippen LogP) is 5.27. The molecular weight excluding hydrogens is 417 g/mol. The summed E-state index contributed by atoms with van der Waals surface area (Å²) in [4.78, 5) is 22.7. The average molecular weight is 444 g/mol. The summed E-state index contributed by atoms with van der Waals surface area (Å²) < 4.78 is 14.2. The topological polar surface area (TPSA) is 36.4 Å². The molecule has 1 fully saturated rings. The second kappa shape index (κ2) is 9.35. The lowest BCUT2D eigenvalue weighted by Crippen LogP contribution is -2.48. The van der Waals surface area contributed by atoms with Crippen LogP contribution in [0.3, 0.4) is 0 Å². The van der Waals surface area contributed by atoms with Crippen LogP contribution in [0.1, 0.15) is 24.0 Å². The van der Waals surface area contributed by atoms with Gasteiger partial charge in [-0.15, -0.1) is 11.8 Å². The van der Waals surface area contributed by atoms with Crippen molar-refractivity contribution in [3.05, 3.63) is 53.3 Å². The van der Waals surface area contributed by atoms with Gasteiger partial charge in [0.15, 0.2) is 5.13 Å². The molecule has 30 heavy (non-hydrogen) atoms. The number of anilines is 1. The average Bonchev–Trinajstić information content (AvgIpc) is 3.17. The number of piperazine rings is 1. The Morgan fingerprint density at radius 2 is 1.87 bits per heavy atom. The number of carbonyl (C=O) groups is 1. The number of amides is 1. The van der Waals surface area contributed by atoms with Crippen molar-refractivity contribution >= 4 is 44.4 Å². The van der Waals surface area contributed by atoms with Crippen LogP contribution in [-0.2, 0) is 4.79 Å². The normalized spacial score (nSPS) is 14.5. The number of halogens is 1. The third-order valence-electron chi connectivity index (χ3n) is 5.34. The molecule has 4 rings (SSSR count). The van der Waals surface area contributed by atoms with E-state index in [1.807, 2.05) is 4.90 Å². The highest BCUT2D eigenvalue weighted by Crippen LogP contribution is 2.32. The molecule has 0 aliphatic carbocycles. The van der Waals surface area contributed by atoms with E-state index in [2.05, 4.69) is 30.9 Å². The molecule has 0 saturated carbocycles. The van der Waals surface area contributed by atoms with E-state index in [4.69, 9.17) is 4.98 Å². The molecule has 158 valence electrons. The smallest absolute Gasteiger partial charge is 0.222 e. The van der Waals surface area contributed by atoms with Crippen LogP contribution in [0.5, 0.6) is 0 Å². The Labute approximate surface area is 185 Å². The number of hydrogen-bond acceptors (Lipinski definition) is 5. The molecule has 2 heterocycles. The SMILES string of the molecule is Cc1cc(C)c2nc(N3CCN(C(=O)CCCSc4ccc(F)cc4)CC3)sc2c1. The number of benzene rings is 2. The number of rotatable bonds is 6. The largest absolute Gasteiger partial charge is 0.345 e. The van der Waals surface area contributed by atoms with Crippen LogP contribution < -0.4 is 4.90 Å². The molecule has 0 radical (unpaired) electrons. The van der Waals surface area contributed by atoms with Gasteiger partial charge in [-0.1, -0.05) is 17.4 Å². The second-order valence-electron chi connectivity index (χ2n) is 7.70. The summed E-state index contributed by atoms with van der Waals surface area (Å²) in [7, 11) is 0. The number of fused-ring (bicyclic) bond motifs is 1. The maximum absolute atomic E-state index is 12.9. The van der Waals surface area contributed by atoms with E-state index in [1.54, 1.807) is 35.2 Å². The first-order valence-electron chi connectivity index (χ1n) is 10.3. The second-order valence-corrected chi connectivity index (χ2v) is 9.88. The molecule has 1 saturated heterocycles. The van der Waals surface area contributed by atoms with E-state index in [9.17, 15) is 9.18 Å². The van der Waals surface area contributed by atoms with Crippen molar-refractivity contribution in [2.75, 3.05) is 36.8 Å². The highest BCUT2D eigenvalue weighted by atomic mass is 32.2. The van der Waals surface area contributed by atoms with Gasteiger partial charge in [0.2, 0.25) is 5.91 Å². The molecule has 1 aliphatic heterocycles. The first-order chi connectivity index (χ1) is 14.5. The number of nitrogens with zero attached hydrogens (tertiary/aromatic N) is 3. The minimum absolute atomic E-state index is 0.218. The Hall–Kier alpha value is -2.12. The lowest BCUT2D eigenvalue weighted by atomic mass is 10.1. The fourth-order valence-electron chi connectivity index (χ4n) is 3.74. The molecule has 1 amide bonds. The van der Waals surface area contributed by atoms with Crippen LogP contribution in [0.4, 0.5) is 9.52 Å². The maximum Gasteiger partial charge on any atom is 0.222 e. The van der Waals surface area contributed by atoms with Crippen molar-refractivity contribution in [2.24, 2.45) is 0 Å². The first-order valence-corrected chi connectivity index (χ1v) is 12.1. The Morgan fingerprint density at radius 3 is 2.60 bits per heavy atom. The Balaban J connectivity index is 1.24. The van der Waals surface area contributed by atoms with Gasteiger partial charge in [-0.3, -0.25) is 4.79 Å². The van der Waals surface area contributed by atoms with Crippen molar-refractivity contribution in [3.63, 3.8) is 0 Å². The molecule has 0 N–H and O–H groups in total. The van der Waals surface area contributed by atoms with Crippen molar-refractivity contribution in [3.8, 4) is 0 Å². The van der Waals surface area contributed by atoms with Gasteiger partial charge in [0, 0.05) is 37.5 Å². The lowest BCUT2D eigenvalue weighted by Gasteiger charge is -2.34. The number of carbonyl (C=O) groups excluding carboxylic acids is 1. The van der Waals surface area contributed by atoms with E-state index in [0.29, 0.717) is 6.42 Å². The summed E-state index contributed by atoms with van der Waals surface area (Å²) in [6.45, 7) is 7.38. The van der Waals surface area contributed by atoms with Crippen LogP contribution in [0.15, 0.2) is 41.3 Å². The quantitative estimate of drug-likeness (QED) is 0.384. The van der Waals surface area contributed by atoms with E-state index >= 15 is 0 Å². The number of thiazole rings is 1. The molecule has 3 aromatic rings. The summed E-state index contributed by atoms with van der Waals surface area (Å²) in [6.07, 6.45) is 1.39. The van der Waals surface area contributed by atoms with Gasteiger partial charge in [-0.25, -0.2) is 9.37 Å². The van der Waals surface area contributed by atoms with Crippen molar-refractivity contribution < 1.29 is 9.18 Å². The molecular formula is C23H26FN3OS2. The van der Waals surface area contributed by atoms with Crippen LogP contribution in [0.25, 0.3) is 10.2 Å². The minimum Gasteiger partial charge on any atom is -0.345 e. The molecule has 0 unspecified atom stereocenters. The molecule has 1 aromatic heterocycles. The zero-order chi connectivity index (χ0) is 21.1. The van der Waals surface area contributed by atoms with Gasteiger partial charge in [-0.05, 0) is 67.5 Å². The van der Waals surface area contributed by atoms with Crippen LogP contribution in [-0.4, -0.2) is 47.7 Å². The zero-order valence-corrected chi connectivity index (χ0v) is 19.0. The molecule has 1 aliphatic rings. The Morgan fingerprint density at radius 1 is 1.13 bits per heavy atom. The number of hydrogen-bond donors (Lipinski definition) is 0. The minimum atomic E-state index is -0.218. The van der Waals surface area contributed by atoms with Crippen molar-refractivity contribution in [1.29, 1.82) is 0 Å². The number of aryl methyl sites for hydroxylation is 2. The van der Waals surface area contributed by atoms with Gasteiger partial charge in [-0.2, -0.15) is 0 Å². The highest BCUT2D eigenvalue weighted by molar-refractivity contribution is 7.99. The van der Waals surface area contributed by atoms with Gasteiger partial charge >= 0.3 is 0 Å². The summed E-state index contributed by atoms with van der Waals surface area (Å²) in [5, 5.41) is 1.06. The third-order valence-corrected chi connectivity index (χ3v) is 7.50. The van der Waals surface area contributed by atoms with Gasteiger partial charge in [0.25, 0.3) is 0 Å². The zero-order valence-electron chi connectivity index (χ0n) is 17.4.